The molecule has 1 aliphatic heterocycles. The summed E-state index contributed by atoms with van der Waals surface area (Å²) in [4.78, 5) is 0. The topological polar surface area (TPSA) is 56.7 Å². The highest BCUT2D eigenvalue weighted by molar-refractivity contribution is 5.12. The van der Waals surface area contributed by atoms with Crippen LogP contribution in [0, 0.1) is 5.92 Å². The van der Waals surface area contributed by atoms with Gasteiger partial charge in [0.2, 0.25) is 0 Å². The summed E-state index contributed by atoms with van der Waals surface area (Å²) in [5, 5.41) is 8.70. The van der Waals surface area contributed by atoms with E-state index in [4.69, 9.17) is 5.73 Å². The fraction of sp³-hybridized carbons (Fsp3) is 0.833. The third kappa shape index (κ3) is 1.47. The van der Waals surface area contributed by atoms with Crippen molar-refractivity contribution in [2.75, 3.05) is 0 Å². The maximum Gasteiger partial charge on any atom is 0.153 e. The number of hydrogen-bond acceptors (Lipinski definition) is 3. The van der Waals surface area contributed by atoms with Gasteiger partial charge >= 0.3 is 0 Å². The Morgan fingerprint density at radius 3 is 2.81 bits per heavy atom. The molecule has 0 saturated heterocycles. The molecule has 2 N–H and O–H groups in total. The van der Waals surface area contributed by atoms with Crippen molar-refractivity contribution >= 4 is 0 Å². The molecular weight excluding hydrogens is 200 g/mol. The Morgan fingerprint density at radius 1 is 1.31 bits per heavy atom. The monoisotopic (exact) mass is 220 g/mol. The van der Waals surface area contributed by atoms with Gasteiger partial charge in [0.15, 0.2) is 5.82 Å². The van der Waals surface area contributed by atoms with Gasteiger partial charge in [-0.15, -0.1) is 10.2 Å². The SMILES string of the molecule is CC1CCn2c(nnc2C2(N)CCCC2)C1. The highest BCUT2D eigenvalue weighted by Crippen LogP contribution is 2.36. The van der Waals surface area contributed by atoms with Crippen molar-refractivity contribution in [2.24, 2.45) is 11.7 Å². The molecule has 4 nitrogen and oxygen atoms in total. The maximum atomic E-state index is 6.46. The third-order valence-electron chi connectivity index (χ3n) is 4.15. The molecule has 3 rings (SSSR count). The van der Waals surface area contributed by atoms with E-state index in [0.717, 1.165) is 43.4 Å². The van der Waals surface area contributed by atoms with E-state index in [1.807, 2.05) is 0 Å². The molecule has 2 aliphatic rings. The summed E-state index contributed by atoms with van der Waals surface area (Å²) in [6, 6.07) is 0. The Balaban J connectivity index is 1.97. The predicted octanol–water partition coefficient (Wildman–Crippen LogP) is 1.59. The quantitative estimate of drug-likeness (QED) is 0.782. The second-order valence-corrected chi connectivity index (χ2v) is 5.55. The second-order valence-electron chi connectivity index (χ2n) is 5.55. The lowest BCUT2D eigenvalue weighted by molar-refractivity contribution is 0.359. The van der Waals surface area contributed by atoms with E-state index in [9.17, 15) is 0 Å². The normalized spacial score (nSPS) is 28.0. The van der Waals surface area contributed by atoms with Crippen LogP contribution in [0.3, 0.4) is 0 Å². The first-order valence-electron chi connectivity index (χ1n) is 6.40. The molecule has 4 heteroatoms. The van der Waals surface area contributed by atoms with Crippen molar-refractivity contribution in [3.05, 3.63) is 11.6 Å². The van der Waals surface area contributed by atoms with Gasteiger partial charge in [-0.2, -0.15) is 0 Å². The number of nitrogens with two attached hydrogens (primary N) is 1. The Bertz CT molecular complexity index is 390. The molecule has 0 spiro atoms. The predicted molar refractivity (Wildman–Crippen MR) is 61.8 cm³/mol. The zero-order valence-electron chi connectivity index (χ0n) is 9.95. The lowest BCUT2D eigenvalue weighted by Crippen LogP contribution is -2.37. The van der Waals surface area contributed by atoms with Crippen LogP contribution in [0.2, 0.25) is 0 Å². The average Bonchev–Trinajstić information content (AvgIpc) is 2.84. The van der Waals surface area contributed by atoms with Crippen molar-refractivity contribution in [1.82, 2.24) is 14.8 Å². The highest BCUT2D eigenvalue weighted by Gasteiger charge is 2.37. The molecule has 1 aliphatic carbocycles. The molecule has 1 aromatic rings. The van der Waals surface area contributed by atoms with Crippen LogP contribution in [0.5, 0.6) is 0 Å². The zero-order chi connectivity index (χ0) is 11.2. The molecule has 1 aromatic heterocycles. The summed E-state index contributed by atoms with van der Waals surface area (Å²) in [7, 11) is 0. The third-order valence-corrected chi connectivity index (χ3v) is 4.15. The van der Waals surface area contributed by atoms with E-state index in [1.54, 1.807) is 0 Å². The molecule has 1 fully saturated rings. The van der Waals surface area contributed by atoms with E-state index in [-0.39, 0.29) is 5.54 Å². The Labute approximate surface area is 96.2 Å². The van der Waals surface area contributed by atoms with Gasteiger partial charge in [-0.3, -0.25) is 0 Å². The van der Waals surface area contributed by atoms with E-state index < -0.39 is 0 Å². The van der Waals surface area contributed by atoms with Crippen molar-refractivity contribution < 1.29 is 0 Å². The molecule has 0 bridgehead atoms. The first-order chi connectivity index (χ1) is 7.69. The van der Waals surface area contributed by atoms with Gasteiger partial charge in [0.25, 0.3) is 0 Å². The van der Waals surface area contributed by atoms with Gasteiger partial charge in [-0.05, 0) is 25.2 Å². The second kappa shape index (κ2) is 3.55. The molecule has 0 aromatic carbocycles. The molecule has 0 amide bonds. The summed E-state index contributed by atoms with van der Waals surface area (Å²) in [6.07, 6.45) is 6.89. The van der Waals surface area contributed by atoms with Crippen LogP contribution in [0.1, 0.15) is 50.7 Å². The minimum Gasteiger partial charge on any atom is -0.319 e. The molecule has 1 unspecified atom stereocenters. The molecule has 88 valence electrons. The van der Waals surface area contributed by atoms with E-state index in [0.29, 0.717) is 0 Å². The van der Waals surface area contributed by atoms with Crippen molar-refractivity contribution in [1.29, 1.82) is 0 Å². The van der Waals surface area contributed by atoms with Crippen LogP contribution in [0.15, 0.2) is 0 Å². The van der Waals surface area contributed by atoms with Crippen molar-refractivity contribution in [3.63, 3.8) is 0 Å². The minimum absolute atomic E-state index is 0.189. The standard InChI is InChI=1S/C12H20N4/c1-9-4-7-16-10(8-9)14-15-11(16)12(13)5-2-3-6-12/h9H,2-8,13H2,1H3. The minimum atomic E-state index is -0.189. The van der Waals surface area contributed by atoms with Gasteiger partial charge in [0, 0.05) is 13.0 Å². The number of fused-ring (bicyclic) bond motifs is 1. The maximum absolute atomic E-state index is 6.46. The number of hydrogen-bond donors (Lipinski definition) is 1. The van der Waals surface area contributed by atoms with Crippen LogP contribution >= 0.6 is 0 Å². The van der Waals surface area contributed by atoms with Crippen LogP contribution in [0.4, 0.5) is 0 Å². The van der Waals surface area contributed by atoms with E-state index >= 15 is 0 Å². The van der Waals surface area contributed by atoms with Crippen molar-refractivity contribution in [2.45, 2.75) is 57.5 Å². The van der Waals surface area contributed by atoms with Crippen LogP contribution < -0.4 is 5.73 Å². The lowest BCUT2D eigenvalue weighted by atomic mass is 9.96. The summed E-state index contributed by atoms with van der Waals surface area (Å²) < 4.78 is 2.28. The van der Waals surface area contributed by atoms with E-state index in [1.165, 1.54) is 19.3 Å². The molecule has 16 heavy (non-hydrogen) atoms. The number of aromatic nitrogens is 3. The van der Waals surface area contributed by atoms with Crippen LogP contribution in [-0.4, -0.2) is 14.8 Å². The number of nitrogens with zero attached hydrogens (tertiary/aromatic N) is 3. The Kier molecular flexibility index (Phi) is 2.28. The first-order valence-corrected chi connectivity index (χ1v) is 6.40. The number of rotatable bonds is 1. The first kappa shape index (κ1) is 10.3. The fourth-order valence-electron chi connectivity index (χ4n) is 3.08. The average molecular weight is 220 g/mol. The van der Waals surface area contributed by atoms with Crippen LogP contribution in [0.25, 0.3) is 0 Å². The largest absolute Gasteiger partial charge is 0.319 e. The Hall–Kier alpha value is -0.900. The van der Waals surface area contributed by atoms with Crippen LogP contribution in [-0.2, 0) is 18.5 Å². The molecular formula is C12H20N4. The summed E-state index contributed by atoms with van der Waals surface area (Å²) >= 11 is 0. The Morgan fingerprint density at radius 2 is 2.06 bits per heavy atom. The van der Waals surface area contributed by atoms with Gasteiger partial charge in [0.1, 0.15) is 5.82 Å². The smallest absolute Gasteiger partial charge is 0.153 e. The molecule has 2 heterocycles. The van der Waals surface area contributed by atoms with Gasteiger partial charge in [0.05, 0.1) is 5.54 Å². The molecule has 1 atom stereocenters. The molecule has 0 radical (unpaired) electrons. The van der Waals surface area contributed by atoms with Gasteiger partial charge in [-0.25, -0.2) is 0 Å². The van der Waals surface area contributed by atoms with Gasteiger partial charge in [-0.1, -0.05) is 19.8 Å². The highest BCUT2D eigenvalue weighted by atomic mass is 15.3. The van der Waals surface area contributed by atoms with Crippen molar-refractivity contribution in [3.8, 4) is 0 Å². The summed E-state index contributed by atoms with van der Waals surface area (Å²) in [6.45, 7) is 3.34. The summed E-state index contributed by atoms with van der Waals surface area (Å²) in [5.74, 6) is 2.93. The molecule has 1 saturated carbocycles. The summed E-state index contributed by atoms with van der Waals surface area (Å²) in [5.41, 5.74) is 6.27. The zero-order valence-corrected chi connectivity index (χ0v) is 9.95. The van der Waals surface area contributed by atoms with Gasteiger partial charge < -0.3 is 10.3 Å². The van der Waals surface area contributed by atoms with E-state index in [2.05, 4.69) is 21.7 Å². The lowest BCUT2D eigenvalue weighted by Gasteiger charge is -2.27. The fourth-order valence-corrected chi connectivity index (χ4v) is 3.08.